The number of carbonyl (C=O) groups is 1. The molecule has 0 aliphatic heterocycles. The highest BCUT2D eigenvalue weighted by molar-refractivity contribution is 6.63. The van der Waals surface area contributed by atoms with E-state index in [4.69, 9.17) is 11.6 Å². The molecule has 46 valence electrons. The molecule has 0 saturated heterocycles. The maximum absolute atomic E-state index is 10.0. The lowest BCUT2D eigenvalue weighted by atomic mass is 10.3. The summed E-state index contributed by atoms with van der Waals surface area (Å²) in [5.41, 5.74) is 0. The standard InChI is InChI=1S/C6H9ClO/c1-2-3-4-5-6(7)8/h3-4H,2,5H2,1H3/b4-3-. The third kappa shape index (κ3) is 5.70. The molecule has 0 aromatic carbocycles. The van der Waals surface area contributed by atoms with Crippen molar-refractivity contribution in [2.24, 2.45) is 0 Å². The maximum atomic E-state index is 10.0. The Hall–Kier alpha value is -0.300. The van der Waals surface area contributed by atoms with Gasteiger partial charge in [0.15, 0.2) is 0 Å². The molecular weight excluding hydrogens is 124 g/mol. The predicted octanol–water partition coefficient (Wildman–Crippen LogP) is 2.11. The van der Waals surface area contributed by atoms with Crippen LogP contribution in [-0.4, -0.2) is 5.24 Å². The molecule has 0 unspecified atom stereocenters. The summed E-state index contributed by atoms with van der Waals surface area (Å²) in [6, 6.07) is 0. The topological polar surface area (TPSA) is 17.1 Å². The summed E-state index contributed by atoms with van der Waals surface area (Å²) in [5.74, 6) is 0. The van der Waals surface area contributed by atoms with Gasteiger partial charge in [0, 0.05) is 6.42 Å². The van der Waals surface area contributed by atoms with Crippen LogP contribution in [0, 0.1) is 0 Å². The van der Waals surface area contributed by atoms with E-state index < -0.39 is 0 Å². The Morgan fingerprint density at radius 2 is 2.25 bits per heavy atom. The van der Waals surface area contributed by atoms with Crippen molar-refractivity contribution in [2.75, 3.05) is 0 Å². The van der Waals surface area contributed by atoms with Crippen LogP contribution < -0.4 is 0 Å². The lowest BCUT2D eigenvalue weighted by Crippen LogP contribution is -1.78. The third-order valence-corrected chi connectivity index (χ3v) is 0.835. The number of halogens is 1. The Morgan fingerprint density at radius 1 is 1.62 bits per heavy atom. The zero-order chi connectivity index (χ0) is 6.41. The van der Waals surface area contributed by atoms with Gasteiger partial charge in [-0.3, -0.25) is 4.79 Å². The summed E-state index contributed by atoms with van der Waals surface area (Å²) in [4.78, 5) is 10.0. The van der Waals surface area contributed by atoms with Crippen LogP contribution in [0.5, 0.6) is 0 Å². The molecule has 0 aromatic rings. The number of hydrogen-bond donors (Lipinski definition) is 0. The molecule has 0 radical (unpaired) electrons. The van der Waals surface area contributed by atoms with E-state index in [0.29, 0.717) is 6.42 Å². The first-order valence-electron chi connectivity index (χ1n) is 2.60. The molecule has 0 heterocycles. The molecule has 0 spiro atoms. The maximum Gasteiger partial charge on any atom is 0.225 e. The van der Waals surface area contributed by atoms with Crippen LogP contribution in [0.4, 0.5) is 0 Å². The minimum absolute atomic E-state index is 0.297. The molecule has 8 heavy (non-hydrogen) atoms. The molecule has 0 saturated carbocycles. The van der Waals surface area contributed by atoms with Crippen LogP contribution in [0.2, 0.25) is 0 Å². The SMILES string of the molecule is CC/C=C\CC(=O)Cl. The Kier molecular flexibility index (Phi) is 4.67. The third-order valence-electron chi connectivity index (χ3n) is 0.681. The Balaban J connectivity index is 3.16. The van der Waals surface area contributed by atoms with Crippen molar-refractivity contribution in [1.82, 2.24) is 0 Å². The van der Waals surface area contributed by atoms with Gasteiger partial charge < -0.3 is 0 Å². The fourth-order valence-corrected chi connectivity index (χ4v) is 0.432. The molecule has 0 amide bonds. The first-order chi connectivity index (χ1) is 3.77. The highest BCUT2D eigenvalue weighted by atomic mass is 35.5. The largest absolute Gasteiger partial charge is 0.281 e. The average molecular weight is 133 g/mol. The van der Waals surface area contributed by atoms with E-state index in [0.717, 1.165) is 6.42 Å². The van der Waals surface area contributed by atoms with E-state index in [1.165, 1.54) is 0 Å². The summed E-state index contributed by atoms with van der Waals surface area (Å²) in [5, 5.41) is -0.297. The molecule has 2 heteroatoms. The van der Waals surface area contributed by atoms with Crippen molar-refractivity contribution in [2.45, 2.75) is 19.8 Å². The highest BCUT2D eigenvalue weighted by Gasteiger charge is 1.86. The van der Waals surface area contributed by atoms with Gasteiger partial charge in [0.2, 0.25) is 5.24 Å². The van der Waals surface area contributed by atoms with Crippen molar-refractivity contribution in [3.63, 3.8) is 0 Å². The average Bonchev–Trinajstić information content (AvgIpc) is 1.66. The van der Waals surface area contributed by atoms with E-state index >= 15 is 0 Å². The van der Waals surface area contributed by atoms with Gasteiger partial charge in [-0.15, -0.1) is 0 Å². The van der Waals surface area contributed by atoms with E-state index in [2.05, 4.69) is 0 Å². The van der Waals surface area contributed by atoms with Crippen molar-refractivity contribution in [3.05, 3.63) is 12.2 Å². The lowest BCUT2D eigenvalue weighted by molar-refractivity contribution is -0.110. The van der Waals surface area contributed by atoms with Gasteiger partial charge in [-0.2, -0.15) is 0 Å². The van der Waals surface area contributed by atoms with Gasteiger partial charge in [-0.05, 0) is 18.0 Å². The monoisotopic (exact) mass is 132 g/mol. The minimum Gasteiger partial charge on any atom is -0.281 e. The van der Waals surface area contributed by atoms with Crippen LogP contribution in [0.15, 0.2) is 12.2 Å². The summed E-state index contributed by atoms with van der Waals surface area (Å²) >= 11 is 5.02. The molecule has 0 aliphatic rings. The van der Waals surface area contributed by atoms with Crippen molar-refractivity contribution >= 4 is 16.8 Å². The van der Waals surface area contributed by atoms with Crippen molar-refractivity contribution in [1.29, 1.82) is 0 Å². The molecule has 0 fully saturated rings. The minimum atomic E-state index is -0.297. The summed E-state index contributed by atoms with van der Waals surface area (Å²) in [7, 11) is 0. The van der Waals surface area contributed by atoms with Crippen LogP contribution in [0.3, 0.4) is 0 Å². The molecule has 0 N–H and O–H groups in total. The van der Waals surface area contributed by atoms with E-state index in [1.807, 2.05) is 13.0 Å². The molecule has 1 nitrogen and oxygen atoms in total. The quantitative estimate of drug-likeness (QED) is 0.425. The first kappa shape index (κ1) is 7.70. The lowest BCUT2D eigenvalue weighted by Gasteiger charge is -1.78. The van der Waals surface area contributed by atoms with Crippen LogP contribution in [-0.2, 0) is 4.79 Å². The van der Waals surface area contributed by atoms with Crippen LogP contribution in [0.25, 0.3) is 0 Å². The predicted molar refractivity (Wildman–Crippen MR) is 34.9 cm³/mol. The zero-order valence-electron chi connectivity index (χ0n) is 4.86. The van der Waals surface area contributed by atoms with Crippen LogP contribution >= 0.6 is 11.6 Å². The second-order valence-corrected chi connectivity index (χ2v) is 1.86. The van der Waals surface area contributed by atoms with Gasteiger partial charge in [0.1, 0.15) is 0 Å². The summed E-state index contributed by atoms with van der Waals surface area (Å²) < 4.78 is 0. The van der Waals surface area contributed by atoms with Crippen LogP contribution in [0.1, 0.15) is 19.8 Å². The van der Waals surface area contributed by atoms with Gasteiger partial charge >= 0.3 is 0 Å². The number of allylic oxidation sites excluding steroid dienone is 2. The molecule has 0 aromatic heterocycles. The smallest absolute Gasteiger partial charge is 0.225 e. The van der Waals surface area contributed by atoms with E-state index in [1.54, 1.807) is 6.08 Å². The Morgan fingerprint density at radius 3 is 2.62 bits per heavy atom. The zero-order valence-corrected chi connectivity index (χ0v) is 5.61. The number of hydrogen-bond acceptors (Lipinski definition) is 1. The summed E-state index contributed by atoms with van der Waals surface area (Å²) in [6.45, 7) is 2.01. The fraction of sp³-hybridized carbons (Fsp3) is 0.500. The van der Waals surface area contributed by atoms with Gasteiger partial charge in [-0.1, -0.05) is 19.1 Å². The second-order valence-electron chi connectivity index (χ2n) is 1.44. The number of carbonyl (C=O) groups excluding carboxylic acids is 1. The van der Waals surface area contributed by atoms with E-state index in [-0.39, 0.29) is 5.24 Å². The van der Waals surface area contributed by atoms with Crippen molar-refractivity contribution < 1.29 is 4.79 Å². The molecule has 0 bridgehead atoms. The molecule has 0 atom stereocenters. The number of rotatable bonds is 3. The van der Waals surface area contributed by atoms with Gasteiger partial charge in [-0.25, -0.2) is 0 Å². The van der Waals surface area contributed by atoms with Gasteiger partial charge in [0.05, 0.1) is 0 Å². The molecule has 0 rings (SSSR count). The molecule has 0 aliphatic carbocycles. The van der Waals surface area contributed by atoms with E-state index in [9.17, 15) is 4.79 Å². The second kappa shape index (κ2) is 4.85. The fourth-order valence-electron chi connectivity index (χ4n) is 0.343. The summed E-state index contributed by atoms with van der Waals surface area (Å²) in [6.07, 6.45) is 5.01. The van der Waals surface area contributed by atoms with Crippen molar-refractivity contribution in [3.8, 4) is 0 Å². The first-order valence-corrected chi connectivity index (χ1v) is 2.98. The Labute approximate surface area is 54.3 Å². The normalized spacial score (nSPS) is 10.2. The van der Waals surface area contributed by atoms with Gasteiger partial charge in [0.25, 0.3) is 0 Å². The Bertz CT molecular complexity index is 96.7. The highest BCUT2D eigenvalue weighted by Crippen LogP contribution is 1.90. The molecular formula is C6H9ClO.